The van der Waals surface area contributed by atoms with Gasteiger partial charge in [-0.15, -0.1) is 12.4 Å². The van der Waals surface area contributed by atoms with Gasteiger partial charge < -0.3 is 10.5 Å². The van der Waals surface area contributed by atoms with Crippen molar-refractivity contribution in [3.8, 4) is 0 Å². The van der Waals surface area contributed by atoms with Gasteiger partial charge in [0.1, 0.15) is 6.10 Å². The lowest BCUT2D eigenvalue weighted by Gasteiger charge is -2.32. The van der Waals surface area contributed by atoms with Crippen molar-refractivity contribution >= 4 is 18.4 Å². The fraction of sp³-hybridized carbons (Fsp3) is 0.438. The molecule has 0 spiro atoms. The molecule has 0 radical (unpaired) electrons. The van der Waals surface area contributed by atoms with E-state index in [4.69, 9.17) is 10.5 Å². The van der Waals surface area contributed by atoms with Crippen LogP contribution in [-0.4, -0.2) is 30.1 Å². The summed E-state index contributed by atoms with van der Waals surface area (Å²) in [6, 6.07) is 10.4. The van der Waals surface area contributed by atoms with Crippen molar-refractivity contribution in [1.82, 2.24) is 4.90 Å². The number of ether oxygens (including phenoxy) is 1. The standard InChI is InChI=1S/C16H22N2O2.ClH/c1-13(17)10-16(19)20-15-8-5-9-18(12-15)11-14-6-3-2-4-7-14;/h2-4,6-7,10,15H,5,8-9,11-12,17H2,1H3;1H/b13-10-;. The highest BCUT2D eigenvalue weighted by atomic mass is 35.5. The molecule has 0 amide bonds. The minimum Gasteiger partial charge on any atom is -0.458 e. The molecule has 1 unspecified atom stereocenters. The van der Waals surface area contributed by atoms with Crippen molar-refractivity contribution in [2.24, 2.45) is 5.73 Å². The maximum absolute atomic E-state index is 11.6. The smallest absolute Gasteiger partial charge is 0.332 e. The van der Waals surface area contributed by atoms with E-state index in [1.165, 1.54) is 11.6 Å². The Morgan fingerprint density at radius 2 is 2.14 bits per heavy atom. The van der Waals surface area contributed by atoms with Crippen molar-refractivity contribution < 1.29 is 9.53 Å². The topological polar surface area (TPSA) is 55.6 Å². The Morgan fingerprint density at radius 1 is 1.43 bits per heavy atom. The van der Waals surface area contributed by atoms with Gasteiger partial charge >= 0.3 is 5.97 Å². The summed E-state index contributed by atoms with van der Waals surface area (Å²) in [4.78, 5) is 13.9. The summed E-state index contributed by atoms with van der Waals surface area (Å²) in [5.41, 5.74) is 7.25. The summed E-state index contributed by atoms with van der Waals surface area (Å²) in [6.45, 7) is 4.43. The summed E-state index contributed by atoms with van der Waals surface area (Å²) >= 11 is 0. The molecule has 1 fully saturated rings. The van der Waals surface area contributed by atoms with E-state index in [-0.39, 0.29) is 24.5 Å². The van der Waals surface area contributed by atoms with E-state index in [9.17, 15) is 4.79 Å². The van der Waals surface area contributed by atoms with E-state index in [0.717, 1.165) is 32.5 Å². The minimum absolute atomic E-state index is 0. The third kappa shape index (κ3) is 6.19. The van der Waals surface area contributed by atoms with Crippen LogP contribution in [0.5, 0.6) is 0 Å². The van der Waals surface area contributed by atoms with E-state index in [1.54, 1.807) is 6.92 Å². The van der Waals surface area contributed by atoms with Gasteiger partial charge in [0.25, 0.3) is 0 Å². The summed E-state index contributed by atoms with van der Waals surface area (Å²) in [6.07, 6.45) is 3.29. The Hall–Kier alpha value is -1.52. The van der Waals surface area contributed by atoms with Crippen LogP contribution in [0.4, 0.5) is 0 Å². The molecule has 5 heteroatoms. The number of nitrogens with zero attached hydrogens (tertiary/aromatic N) is 1. The monoisotopic (exact) mass is 310 g/mol. The second-order valence-electron chi connectivity index (χ2n) is 5.31. The largest absolute Gasteiger partial charge is 0.458 e. The van der Waals surface area contributed by atoms with Crippen LogP contribution >= 0.6 is 12.4 Å². The van der Waals surface area contributed by atoms with E-state index < -0.39 is 0 Å². The molecule has 1 heterocycles. The number of rotatable bonds is 4. The Morgan fingerprint density at radius 3 is 2.81 bits per heavy atom. The molecule has 0 aromatic heterocycles. The first kappa shape index (κ1) is 17.5. The molecule has 116 valence electrons. The van der Waals surface area contributed by atoms with E-state index >= 15 is 0 Å². The number of hydrogen-bond donors (Lipinski definition) is 1. The van der Waals surface area contributed by atoms with Crippen molar-refractivity contribution in [2.45, 2.75) is 32.4 Å². The SMILES string of the molecule is C/C(N)=C/C(=O)OC1CCCN(Cc2ccccc2)C1.Cl. The number of allylic oxidation sites excluding steroid dienone is 1. The number of piperidine rings is 1. The lowest BCUT2D eigenvalue weighted by molar-refractivity contribution is -0.145. The lowest BCUT2D eigenvalue weighted by atomic mass is 10.1. The van der Waals surface area contributed by atoms with Gasteiger partial charge in [0.05, 0.1) is 0 Å². The molecule has 1 aromatic carbocycles. The van der Waals surface area contributed by atoms with Crippen LogP contribution in [0.25, 0.3) is 0 Å². The summed E-state index contributed by atoms with van der Waals surface area (Å²) in [7, 11) is 0. The van der Waals surface area contributed by atoms with E-state index in [0.29, 0.717) is 5.70 Å². The van der Waals surface area contributed by atoms with Crippen LogP contribution in [0.2, 0.25) is 0 Å². The van der Waals surface area contributed by atoms with Crippen molar-refractivity contribution in [3.63, 3.8) is 0 Å². The molecule has 1 aromatic rings. The Bertz CT molecular complexity index is 472. The molecular formula is C16H23ClN2O2. The first-order valence-electron chi connectivity index (χ1n) is 7.04. The number of benzene rings is 1. The third-order valence-corrected chi connectivity index (χ3v) is 3.34. The summed E-state index contributed by atoms with van der Waals surface area (Å²) in [5, 5.41) is 0. The second-order valence-corrected chi connectivity index (χ2v) is 5.31. The van der Waals surface area contributed by atoms with Crippen LogP contribution in [0.15, 0.2) is 42.1 Å². The molecule has 2 N–H and O–H groups in total. The molecule has 21 heavy (non-hydrogen) atoms. The number of hydrogen-bond acceptors (Lipinski definition) is 4. The summed E-state index contributed by atoms with van der Waals surface area (Å²) in [5.74, 6) is -0.337. The number of carbonyl (C=O) groups is 1. The normalized spacial score (nSPS) is 19.7. The molecule has 0 bridgehead atoms. The van der Waals surface area contributed by atoms with Gasteiger partial charge in [-0.2, -0.15) is 0 Å². The van der Waals surface area contributed by atoms with Crippen LogP contribution in [0.3, 0.4) is 0 Å². The lowest BCUT2D eigenvalue weighted by Crippen LogP contribution is -2.40. The predicted octanol–water partition coefficient (Wildman–Crippen LogP) is 2.48. The highest BCUT2D eigenvalue weighted by Gasteiger charge is 2.22. The zero-order valence-corrected chi connectivity index (χ0v) is 13.1. The molecule has 2 rings (SSSR count). The average Bonchev–Trinajstić information content (AvgIpc) is 2.39. The molecule has 1 aliphatic rings. The quantitative estimate of drug-likeness (QED) is 0.685. The zero-order valence-electron chi connectivity index (χ0n) is 12.3. The third-order valence-electron chi connectivity index (χ3n) is 3.34. The highest BCUT2D eigenvalue weighted by Crippen LogP contribution is 2.16. The number of carbonyl (C=O) groups excluding carboxylic acids is 1. The second kappa shape index (κ2) is 8.70. The highest BCUT2D eigenvalue weighted by molar-refractivity contribution is 5.85. The maximum atomic E-state index is 11.6. The van der Waals surface area contributed by atoms with E-state index in [1.807, 2.05) is 18.2 Å². The first-order chi connectivity index (χ1) is 9.63. The maximum Gasteiger partial charge on any atom is 0.332 e. The predicted molar refractivity (Wildman–Crippen MR) is 86.0 cm³/mol. The molecule has 1 atom stereocenters. The molecule has 0 saturated carbocycles. The van der Waals surface area contributed by atoms with Crippen LogP contribution < -0.4 is 5.73 Å². The molecular weight excluding hydrogens is 288 g/mol. The molecule has 1 aliphatic heterocycles. The van der Waals surface area contributed by atoms with Crippen molar-refractivity contribution in [1.29, 1.82) is 0 Å². The number of esters is 1. The minimum atomic E-state index is -0.337. The fourth-order valence-corrected chi connectivity index (χ4v) is 2.48. The van der Waals surface area contributed by atoms with Crippen LogP contribution in [0.1, 0.15) is 25.3 Å². The molecule has 1 saturated heterocycles. The van der Waals surface area contributed by atoms with Gasteiger partial charge in [0.2, 0.25) is 0 Å². The molecule has 4 nitrogen and oxygen atoms in total. The van der Waals surface area contributed by atoms with Crippen LogP contribution in [0, 0.1) is 0 Å². The fourth-order valence-electron chi connectivity index (χ4n) is 2.48. The van der Waals surface area contributed by atoms with Gasteiger partial charge in [0, 0.05) is 24.9 Å². The average molecular weight is 311 g/mol. The van der Waals surface area contributed by atoms with Gasteiger partial charge in [-0.05, 0) is 31.9 Å². The van der Waals surface area contributed by atoms with Gasteiger partial charge in [-0.25, -0.2) is 4.79 Å². The van der Waals surface area contributed by atoms with Gasteiger partial charge in [-0.1, -0.05) is 30.3 Å². The van der Waals surface area contributed by atoms with Crippen LogP contribution in [-0.2, 0) is 16.1 Å². The van der Waals surface area contributed by atoms with E-state index in [2.05, 4.69) is 17.0 Å². The van der Waals surface area contributed by atoms with Crippen molar-refractivity contribution in [2.75, 3.05) is 13.1 Å². The number of halogens is 1. The number of likely N-dealkylation sites (tertiary alicyclic amines) is 1. The zero-order chi connectivity index (χ0) is 14.4. The summed E-state index contributed by atoms with van der Waals surface area (Å²) < 4.78 is 5.43. The Labute approximate surface area is 132 Å². The number of nitrogens with two attached hydrogens (primary N) is 1. The van der Waals surface area contributed by atoms with Gasteiger partial charge in [0.15, 0.2) is 0 Å². The first-order valence-corrected chi connectivity index (χ1v) is 7.04. The Balaban J connectivity index is 0.00000220. The van der Waals surface area contributed by atoms with Gasteiger partial charge in [-0.3, -0.25) is 4.90 Å². The van der Waals surface area contributed by atoms with Crippen molar-refractivity contribution in [3.05, 3.63) is 47.7 Å². The molecule has 0 aliphatic carbocycles. The Kier molecular flexibility index (Phi) is 7.26.